The summed E-state index contributed by atoms with van der Waals surface area (Å²) in [7, 11) is 0. The Kier molecular flexibility index (Phi) is 2.75. The molecule has 0 aliphatic rings. The van der Waals surface area contributed by atoms with Crippen LogP contribution in [0.3, 0.4) is 0 Å². The van der Waals surface area contributed by atoms with Gasteiger partial charge in [0.05, 0.1) is 6.20 Å². The maximum Gasteiger partial charge on any atom is 0.264 e. The standard InChI is InChI=1S/C10H6Cl2N2O/c11-7-1-2-9(12)8(4-7)6-3-10(15)14-13-5-6/h1-5H,(H,14,15). The molecule has 1 heterocycles. The van der Waals surface area contributed by atoms with Crippen molar-refractivity contribution >= 4 is 23.2 Å². The monoisotopic (exact) mass is 240 g/mol. The van der Waals surface area contributed by atoms with Crippen molar-refractivity contribution in [1.82, 2.24) is 10.2 Å². The van der Waals surface area contributed by atoms with Crippen molar-refractivity contribution in [1.29, 1.82) is 0 Å². The summed E-state index contributed by atoms with van der Waals surface area (Å²) in [6.45, 7) is 0. The summed E-state index contributed by atoms with van der Waals surface area (Å²) in [4.78, 5) is 11.1. The Bertz CT molecular complexity index is 551. The van der Waals surface area contributed by atoms with Crippen LogP contribution in [0.25, 0.3) is 11.1 Å². The highest BCUT2D eigenvalue weighted by molar-refractivity contribution is 6.35. The first-order valence-corrected chi connectivity index (χ1v) is 4.92. The van der Waals surface area contributed by atoms with E-state index < -0.39 is 0 Å². The lowest BCUT2D eigenvalue weighted by atomic mass is 10.1. The van der Waals surface area contributed by atoms with Crippen LogP contribution in [0.1, 0.15) is 0 Å². The molecule has 3 nitrogen and oxygen atoms in total. The molecule has 1 aromatic heterocycles. The van der Waals surface area contributed by atoms with Gasteiger partial charge in [-0.05, 0) is 18.2 Å². The van der Waals surface area contributed by atoms with E-state index in [-0.39, 0.29) is 5.56 Å². The molecule has 0 saturated carbocycles. The van der Waals surface area contributed by atoms with E-state index in [0.717, 1.165) is 0 Å². The molecule has 0 fully saturated rings. The largest absolute Gasteiger partial charge is 0.268 e. The Morgan fingerprint density at radius 3 is 2.73 bits per heavy atom. The second-order valence-corrected chi connectivity index (χ2v) is 3.80. The van der Waals surface area contributed by atoms with Crippen molar-refractivity contribution in [2.75, 3.05) is 0 Å². The average molecular weight is 241 g/mol. The summed E-state index contributed by atoms with van der Waals surface area (Å²) in [6.07, 6.45) is 1.53. The SMILES string of the molecule is O=c1cc(-c2cc(Cl)ccc2Cl)cn[nH]1. The van der Waals surface area contributed by atoms with Crippen molar-refractivity contribution in [3.8, 4) is 11.1 Å². The molecule has 0 bridgehead atoms. The molecule has 2 aromatic rings. The third-order valence-corrected chi connectivity index (χ3v) is 2.47. The van der Waals surface area contributed by atoms with Crippen LogP contribution in [0.2, 0.25) is 10.0 Å². The smallest absolute Gasteiger partial charge is 0.264 e. The summed E-state index contributed by atoms with van der Waals surface area (Å²) < 4.78 is 0. The number of halogens is 2. The predicted octanol–water partition coefficient (Wildman–Crippen LogP) is 2.74. The van der Waals surface area contributed by atoms with Crippen molar-refractivity contribution < 1.29 is 0 Å². The van der Waals surface area contributed by atoms with Crippen LogP contribution in [0, 0.1) is 0 Å². The third-order valence-electron chi connectivity index (χ3n) is 1.90. The summed E-state index contributed by atoms with van der Waals surface area (Å²) in [5, 5.41) is 7.08. The van der Waals surface area contributed by atoms with Crippen LogP contribution in [-0.4, -0.2) is 10.2 Å². The van der Waals surface area contributed by atoms with Crippen LogP contribution in [0.5, 0.6) is 0 Å². The fourth-order valence-corrected chi connectivity index (χ4v) is 1.64. The van der Waals surface area contributed by atoms with Crippen molar-refractivity contribution in [3.63, 3.8) is 0 Å². The Labute approximate surface area is 95.7 Å². The molecule has 0 amide bonds. The zero-order valence-corrected chi connectivity index (χ0v) is 9.01. The van der Waals surface area contributed by atoms with E-state index >= 15 is 0 Å². The number of hydrogen-bond donors (Lipinski definition) is 1. The molecule has 1 N–H and O–H groups in total. The molecule has 0 aliphatic heterocycles. The van der Waals surface area contributed by atoms with Gasteiger partial charge in [0, 0.05) is 27.2 Å². The average Bonchev–Trinajstić information content (AvgIpc) is 2.22. The highest BCUT2D eigenvalue weighted by atomic mass is 35.5. The van der Waals surface area contributed by atoms with E-state index in [4.69, 9.17) is 23.2 Å². The van der Waals surface area contributed by atoms with E-state index in [9.17, 15) is 4.79 Å². The van der Waals surface area contributed by atoms with Crippen LogP contribution < -0.4 is 5.56 Å². The molecule has 5 heteroatoms. The van der Waals surface area contributed by atoms with E-state index in [0.29, 0.717) is 21.2 Å². The maximum atomic E-state index is 11.1. The lowest BCUT2D eigenvalue weighted by Gasteiger charge is -2.03. The molecule has 15 heavy (non-hydrogen) atoms. The van der Waals surface area contributed by atoms with Crippen LogP contribution in [-0.2, 0) is 0 Å². The van der Waals surface area contributed by atoms with Crippen LogP contribution in [0.15, 0.2) is 35.3 Å². The first kappa shape index (κ1) is 10.2. The van der Waals surface area contributed by atoms with Gasteiger partial charge in [0.25, 0.3) is 5.56 Å². The molecule has 2 rings (SSSR count). The molecule has 0 saturated heterocycles. The summed E-state index contributed by atoms with van der Waals surface area (Å²) >= 11 is 11.8. The molecule has 0 spiro atoms. The van der Waals surface area contributed by atoms with Gasteiger partial charge in [0.2, 0.25) is 0 Å². The fraction of sp³-hybridized carbons (Fsp3) is 0. The number of H-pyrrole nitrogens is 1. The molecular formula is C10H6Cl2N2O. The zero-order valence-electron chi connectivity index (χ0n) is 7.50. The second-order valence-electron chi connectivity index (χ2n) is 2.96. The lowest BCUT2D eigenvalue weighted by molar-refractivity contribution is 0.991. The number of nitrogens with one attached hydrogen (secondary N) is 1. The van der Waals surface area contributed by atoms with Crippen LogP contribution in [0.4, 0.5) is 0 Å². The van der Waals surface area contributed by atoms with Crippen LogP contribution >= 0.6 is 23.2 Å². The summed E-state index contributed by atoms with van der Waals surface area (Å²) in [5.74, 6) is 0. The van der Waals surface area contributed by atoms with Gasteiger partial charge >= 0.3 is 0 Å². The van der Waals surface area contributed by atoms with Gasteiger partial charge in [-0.25, -0.2) is 5.10 Å². The first-order valence-electron chi connectivity index (χ1n) is 4.17. The first-order chi connectivity index (χ1) is 7.16. The summed E-state index contributed by atoms with van der Waals surface area (Å²) in [6, 6.07) is 6.49. The third kappa shape index (κ3) is 2.19. The number of aromatic nitrogens is 2. The van der Waals surface area contributed by atoms with E-state index in [1.165, 1.54) is 12.3 Å². The predicted molar refractivity (Wildman–Crippen MR) is 60.3 cm³/mol. The number of aromatic amines is 1. The van der Waals surface area contributed by atoms with Crippen molar-refractivity contribution in [2.24, 2.45) is 0 Å². The molecule has 1 aromatic carbocycles. The molecule has 0 atom stereocenters. The normalized spacial score (nSPS) is 10.3. The molecule has 0 aliphatic carbocycles. The molecule has 0 unspecified atom stereocenters. The Morgan fingerprint density at radius 2 is 2.00 bits per heavy atom. The number of hydrogen-bond acceptors (Lipinski definition) is 2. The minimum absolute atomic E-state index is 0.274. The van der Waals surface area contributed by atoms with Gasteiger partial charge in [-0.15, -0.1) is 0 Å². The minimum atomic E-state index is -0.274. The Hall–Kier alpha value is -1.32. The van der Waals surface area contributed by atoms with Gasteiger partial charge in [-0.3, -0.25) is 4.79 Å². The van der Waals surface area contributed by atoms with E-state index in [1.54, 1.807) is 18.2 Å². The Morgan fingerprint density at radius 1 is 1.20 bits per heavy atom. The van der Waals surface area contributed by atoms with Gasteiger partial charge in [-0.1, -0.05) is 23.2 Å². The van der Waals surface area contributed by atoms with Crippen molar-refractivity contribution in [2.45, 2.75) is 0 Å². The minimum Gasteiger partial charge on any atom is -0.268 e. The quantitative estimate of drug-likeness (QED) is 0.834. The highest BCUT2D eigenvalue weighted by Crippen LogP contribution is 2.29. The highest BCUT2D eigenvalue weighted by Gasteiger charge is 2.05. The van der Waals surface area contributed by atoms with Gasteiger partial charge in [0.1, 0.15) is 0 Å². The van der Waals surface area contributed by atoms with E-state index in [1.807, 2.05) is 0 Å². The zero-order chi connectivity index (χ0) is 10.8. The number of benzene rings is 1. The van der Waals surface area contributed by atoms with Gasteiger partial charge in [0.15, 0.2) is 0 Å². The number of nitrogens with zero attached hydrogens (tertiary/aromatic N) is 1. The van der Waals surface area contributed by atoms with Gasteiger partial charge < -0.3 is 0 Å². The number of rotatable bonds is 1. The maximum absolute atomic E-state index is 11.1. The molecular weight excluding hydrogens is 235 g/mol. The van der Waals surface area contributed by atoms with Gasteiger partial charge in [-0.2, -0.15) is 5.10 Å². The molecule has 0 radical (unpaired) electrons. The molecule has 76 valence electrons. The van der Waals surface area contributed by atoms with Crippen molar-refractivity contribution in [3.05, 3.63) is 50.9 Å². The van der Waals surface area contributed by atoms with E-state index in [2.05, 4.69) is 10.2 Å². The fourth-order valence-electron chi connectivity index (χ4n) is 1.24. The second kappa shape index (κ2) is 4.04. The lowest BCUT2D eigenvalue weighted by Crippen LogP contribution is -2.05. The Balaban J connectivity index is 2.63. The topological polar surface area (TPSA) is 45.8 Å². The summed E-state index contributed by atoms with van der Waals surface area (Å²) in [5.41, 5.74) is 1.07.